The molecule has 1 N–H and O–H groups in total. The zero-order chi connectivity index (χ0) is 12.6. The van der Waals surface area contributed by atoms with Crippen molar-refractivity contribution in [1.29, 1.82) is 0 Å². The maximum absolute atomic E-state index is 11.8. The third kappa shape index (κ3) is 4.12. The van der Waals surface area contributed by atoms with E-state index >= 15 is 0 Å². The van der Waals surface area contributed by atoms with Gasteiger partial charge in [0, 0.05) is 0 Å². The Hall–Kier alpha value is -0.570. The lowest BCUT2D eigenvalue weighted by molar-refractivity contribution is -0.160. The van der Waals surface area contributed by atoms with Crippen LogP contribution in [0.25, 0.3) is 0 Å². The molecule has 0 saturated heterocycles. The minimum absolute atomic E-state index is 0.248. The Morgan fingerprint density at radius 1 is 1.25 bits per heavy atom. The molecule has 16 heavy (non-hydrogen) atoms. The van der Waals surface area contributed by atoms with Crippen molar-refractivity contribution in [2.75, 3.05) is 6.61 Å². The van der Waals surface area contributed by atoms with Crippen LogP contribution >= 0.6 is 0 Å². The second kappa shape index (κ2) is 7.66. The standard InChI is InChI=1S/C13H26O3/c1-5-9-11(12(14)16-8-4)13(15,7-3)10-6-2/h11,15H,5-10H2,1-4H3. The third-order valence-corrected chi connectivity index (χ3v) is 3.09. The average Bonchev–Trinajstić information content (AvgIpc) is 2.26. The highest BCUT2D eigenvalue weighted by Crippen LogP contribution is 2.31. The number of carbonyl (C=O) groups is 1. The summed E-state index contributed by atoms with van der Waals surface area (Å²) in [5.41, 5.74) is -0.892. The summed E-state index contributed by atoms with van der Waals surface area (Å²) in [5, 5.41) is 10.5. The summed E-state index contributed by atoms with van der Waals surface area (Å²) in [6, 6.07) is 0. The number of carbonyl (C=O) groups excluding carboxylic acids is 1. The van der Waals surface area contributed by atoms with Gasteiger partial charge in [-0.2, -0.15) is 0 Å². The van der Waals surface area contributed by atoms with Crippen LogP contribution in [0, 0.1) is 5.92 Å². The highest BCUT2D eigenvalue weighted by Gasteiger charge is 2.39. The van der Waals surface area contributed by atoms with Gasteiger partial charge in [-0.15, -0.1) is 0 Å². The molecule has 0 spiro atoms. The molecule has 0 bridgehead atoms. The molecule has 0 amide bonds. The Bertz CT molecular complexity index is 203. The number of ether oxygens (including phenoxy) is 1. The second-order valence-corrected chi connectivity index (χ2v) is 4.30. The molecule has 0 radical (unpaired) electrons. The Balaban J connectivity index is 4.76. The van der Waals surface area contributed by atoms with Crippen LogP contribution in [0.5, 0.6) is 0 Å². The van der Waals surface area contributed by atoms with Crippen LogP contribution in [0.2, 0.25) is 0 Å². The minimum Gasteiger partial charge on any atom is -0.466 e. The zero-order valence-corrected chi connectivity index (χ0v) is 11.1. The Labute approximate surface area is 99.2 Å². The van der Waals surface area contributed by atoms with Crippen LogP contribution in [-0.2, 0) is 9.53 Å². The lowest BCUT2D eigenvalue weighted by atomic mass is 9.79. The van der Waals surface area contributed by atoms with Gasteiger partial charge in [-0.25, -0.2) is 0 Å². The van der Waals surface area contributed by atoms with Crippen molar-refractivity contribution in [3.63, 3.8) is 0 Å². The van der Waals surface area contributed by atoms with E-state index < -0.39 is 5.60 Å². The highest BCUT2D eigenvalue weighted by atomic mass is 16.5. The van der Waals surface area contributed by atoms with Crippen LogP contribution in [0.1, 0.15) is 59.8 Å². The van der Waals surface area contributed by atoms with Crippen LogP contribution in [0.4, 0.5) is 0 Å². The van der Waals surface area contributed by atoms with E-state index in [0.717, 1.165) is 12.8 Å². The highest BCUT2D eigenvalue weighted by molar-refractivity contribution is 5.73. The molecular weight excluding hydrogens is 204 g/mol. The summed E-state index contributed by atoms with van der Waals surface area (Å²) < 4.78 is 5.05. The number of aliphatic hydroxyl groups is 1. The first-order chi connectivity index (χ1) is 7.55. The van der Waals surface area contributed by atoms with Gasteiger partial charge in [-0.1, -0.05) is 33.6 Å². The van der Waals surface area contributed by atoms with Crippen molar-refractivity contribution in [1.82, 2.24) is 0 Å². The van der Waals surface area contributed by atoms with E-state index in [4.69, 9.17) is 4.74 Å². The molecule has 0 aromatic carbocycles. The molecule has 0 fully saturated rings. The summed E-state index contributed by atoms with van der Waals surface area (Å²) in [6.07, 6.45) is 3.72. The van der Waals surface area contributed by atoms with E-state index in [1.165, 1.54) is 0 Å². The van der Waals surface area contributed by atoms with Crippen LogP contribution in [0.15, 0.2) is 0 Å². The van der Waals surface area contributed by atoms with Crippen molar-refractivity contribution in [2.45, 2.75) is 65.4 Å². The number of esters is 1. The molecule has 3 nitrogen and oxygen atoms in total. The van der Waals surface area contributed by atoms with E-state index in [-0.39, 0.29) is 11.9 Å². The number of rotatable bonds is 8. The van der Waals surface area contributed by atoms with Crippen molar-refractivity contribution < 1.29 is 14.6 Å². The van der Waals surface area contributed by atoms with Crippen LogP contribution in [0.3, 0.4) is 0 Å². The fourth-order valence-electron chi connectivity index (χ4n) is 2.17. The molecule has 2 unspecified atom stereocenters. The molecule has 0 aromatic heterocycles. The van der Waals surface area contributed by atoms with Crippen molar-refractivity contribution in [3.8, 4) is 0 Å². The summed E-state index contributed by atoms with van der Waals surface area (Å²) in [5.74, 6) is -0.621. The maximum Gasteiger partial charge on any atom is 0.311 e. The van der Waals surface area contributed by atoms with Gasteiger partial charge >= 0.3 is 5.97 Å². The monoisotopic (exact) mass is 230 g/mol. The first-order valence-corrected chi connectivity index (χ1v) is 6.44. The Morgan fingerprint density at radius 2 is 1.88 bits per heavy atom. The van der Waals surface area contributed by atoms with Crippen LogP contribution < -0.4 is 0 Å². The summed E-state index contributed by atoms with van der Waals surface area (Å²) >= 11 is 0. The van der Waals surface area contributed by atoms with Gasteiger partial charge in [0.2, 0.25) is 0 Å². The fraction of sp³-hybridized carbons (Fsp3) is 0.923. The molecule has 0 aromatic rings. The molecule has 96 valence electrons. The van der Waals surface area contributed by atoms with Crippen molar-refractivity contribution in [3.05, 3.63) is 0 Å². The zero-order valence-electron chi connectivity index (χ0n) is 11.1. The Morgan fingerprint density at radius 3 is 2.25 bits per heavy atom. The van der Waals surface area contributed by atoms with Gasteiger partial charge in [0.05, 0.1) is 18.1 Å². The molecule has 0 rings (SSSR count). The first kappa shape index (κ1) is 15.4. The lowest BCUT2D eigenvalue weighted by Crippen LogP contribution is -2.42. The first-order valence-electron chi connectivity index (χ1n) is 6.44. The van der Waals surface area contributed by atoms with E-state index in [1.54, 1.807) is 6.92 Å². The topological polar surface area (TPSA) is 46.5 Å². The molecule has 2 atom stereocenters. The van der Waals surface area contributed by atoms with Gasteiger partial charge < -0.3 is 9.84 Å². The number of hydrogen-bond acceptors (Lipinski definition) is 3. The lowest BCUT2D eigenvalue weighted by Gasteiger charge is -2.33. The molecule has 0 heterocycles. The quantitative estimate of drug-likeness (QED) is 0.652. The average molecular weight is 230 g/mol. The van der Waals surface area contributed by atoms with Gasteiger partial charge in [0.1, 0.15) is 0 Å². The van der Waals surface area contributed by atoms with E-state index in [0.29, 0.717) is 25.9 Å². The predicted octanol–water partition coefficient (Wildman–Crippen LogP) is 2.91. The Kier molecular flexibility index (Phi) is 7.39. The molecule has 0 saturated carbocycles. The summed E-state index contributed by atoms with van der Waals surface area (Å²) in [4.78, 5) is 11.8. The van der Waals surface area contributed by atoms with Crippen molar-refractivity contribution >= 4 is 5.97 Å². The third-order valence-electron chi connectivity index (χ3n) is 3.09. The molecule has 0 aliphatic heterocycles. The molecule has 0 aliphatic rings. The van der Waals surface area contributed by atoms with Gasteiger partial charge in [0.15, 0.2) is 0 Å². The smallest absolute Gasteiger partial charge is 0.311 e. The predicted molar refractivity (Wildman–Crippen MR) is 65.2 cm³/mol. The van der Waals surface area contributed by atoms with Gasteiger partial charge in [0.25, 0.3) is 0 Å². The largest absolute Gasteiger partial charge is 0.466 e. The molecule has 0 aliphatic carbocycles. The van der Waals surface area contributed by atoms with E-state index in [1.807, 2.05) is 20.8 Å². The maximum atomic E-state index is 11.8. The number of hydrogen-bond donors (Lipinski definition) is 1. The SMILES string of the molecule is CCCC(C(=O)OCC)C(O)(CC)CCC. The summed E-state index contributed by atoms with van der Waals surface area (Å²) in [7, 11) is 0. The van der Waals surface area contributed by atoms with Crippen molar-refractivity contribution in [2.24, 2.45) is 5.92 Å². The van der Waals surface area contributed by atoms with Crippen LogP contribution in [-0.4, -0.2) is 23.3 Å². The van der Waals surface area contributed by atoms with Gasteiger partial charge in [-0.05, 0) is 26.2 Å². The van der Waals surface area contributed by atoms with E-state index in [2.05, 4.69) is 0 Å². The van der Waals surface area contributed by atoms with Gasteiger partial charge in [-0.3, -0.25) is 4.79 Å². The van der Waals surface area contributed by atoms with E-state index in [9.17, 15) is 9.90 Å². The molecular formula is C13H26O3. The molecule has 3 heteroatoms. The normalized spacial score (nSPS) is 16.6. The fourth-order valence-corrected chi connectivity index (χ4v) is 2.17. The minimum atomic E-state index is -0.892. The second-order valence-electron chi connectivity index (χ2n) is 4.30. The summed E-state index contributed by atoms with van der Waals surface area (Å²) in [6.45, 7) is 8.15.